The van der Waals surface area contributed by atoms with Crippen LogP contribution in [0.25, 0.3) is 0 Å². The third-order valence-corrected chi connectivity index (χ3v) is 3.88. The standard InChI is InChI=1S/C18H16N2O6/c1-11(14-7-4-8-25-14)19-15(21)10-26-16(22)9-20-13-6-3-2-5-12(13)17(23)18(20)24/h2-8,11H,9-10H2,1H3,(H,19,21)/t11-/m1/s1. The fourth-order valence-corrected chi connectivity index (χ4v) is 2.62. The van der Waals surface area contributed by atoms with Crippen molar-refractivity contribution in [3.05, 3.63) is 54.0 Å². The summed E-state index contributed by atoms with van der Waals surface area (Å²) in [7, 11) is 0. The number of hydrogen-bond acceptors (Lipinski definition) is 6. The number of hydrogen-bond donors (Lipinski definition) is 1. The van der Waals surface area contributed by atoms with Gasteiger partial charge in [0.25, 0.3) is 17.6 Å². The van der Waals surface area contributed by atoms with E-state index in [-0.39, 0.29) is 11.6 Å². The number of carbonyl (C=O) groups is 4. The first kappa shape index (κ1) is 17.4. The lowest BCUT2D eigenvalue weighted by Gasteiger charge is -2.16. The summed E-state index contributed by atoms with van der Waals surface area (Å²) in [6, 6.07) is 9.42. The van der Waals surface area contributed by atoms with Crippen molar-refractivity contribution in [2.45, 2.75) is 13.0 Å². The fourth-order valence-electron chi connectivity index (χ4n) is 2.62. The Kier molecular flexibility index (Phi) is 4.83. The number of carbonyl (C=O) groups excluding carboxylic acids is 4. The number of fused-ring (bicyclic) bond motifs is 1. The number of rotatable bonds is 6. The Balaban J connectivity index is 1.52. The minimum Gasteiger partial charge on any atom is -0.467 e. The summed E-state index contributed by atoms with van der Waals surface area (Å²) >= 11 is 0. The Labute approximate surface area is 148 Å². The summed E-state index contributed by atoms with van der Waals surface area (Å²) in [5.41, 5.74) is 0.602. The Hall–Kier alpha value is -3.42. The van der Waals surface area contributed by atoms with E-state index in [1.807, 2.05) is 0 Å². The number of esters is 1. The summed E-state index contributed by atoms with van der Waals surface area (Å²) in [6.45, 7) is 0.786. The van der Waals surface area contributed by atoms with Crippen LogP contribution in [0, 0.1) is 0 Å². The molecule has 2 amide bonds. The molecule has 0 unspecified atom stereocenters. The molecule has 1 N–H and O–H groups in total. The molecular weight excluding hydrogens is 340 g/mol. The number of nitrogens with one attached hydrogen (secondary N) is 1. The van der Waals surface area contributed by atoms with E-state index in [0.717, 1.165) is 4.90 Å². The molecule has 8 heteroatoms. The van der Waals surface area contributed by atoms with Crippen molar-refractivity contribution in [1.82, 2.24) is 5.32 Å². The lowest BCUT2D eigenvalue weighted by atomic mass is 10.1. The molecule has 0 spiro atoms. The largest absolute Gasteiger partial charge is 0.467 e. The lowest BCUT2D eigenvalue weighted by molar-refractivity contribution is -0.147. The molecule has 1 aliphatic rings. The van der Waals surface area contributed by atoms with Crippen LogP contribution in [0.1, 0.15) is 29.1 Å². The highest BCUT2D eigenvalue weighted by Gasteiger charge is 2.36. The van der Waals surface area contributed by atoms with Gasteiger partial charge in [-0.05, 0) is 31.2 Å². The summed E-state index contributed by atoms with van der Waals surface area (Å²) in [6.07, 6.45) is 1.49. The van der Waals surface area contributed by atoms with E-state index < -0.39 is 36.7 Å². The van der Waals surface area contributed by atoms with Gasteiger partial charge < -0.3 is 14.5 Å². The highest BCUT2D eigenvalue weighted by Crippen LogP contribution is 2.28. The van der Waals surface area contributed by atoms with Crippen molar-refractivity contribution < 1.29 is 28.3 Å². The maximum atomic E-state index is 12.0. The number of nitrogens with zero attached hydrogens (tertiary/aromatic N) is 1. The van der Waals surface area contributed by atoms with E-state index in [0.29, 0.717) is 11.4 Å². The molecule has 0 aliphatic carbocycles. The molecule has 0 saturated carbocycles. The van der Waals surface area contributed by atoms with Gasteiger partial charge in [0.1, 0.15) is 12.3 Å². The number of para-hydroxylation sites is 1. The van der Waals surface area contributed by atoms with Gasteiger partial charge in [-0.15, -0.1) is 0 Å². The third-order valence-electron chi connectivity index (χ3n) is 3.88. The predicted molar refractivity (Wildman–Crippen MR) is 89.4 cm³/mol. The molecule has 3 rings (SSSR count). The van der Waals surface area contributed by atoms with Crippen molar-refractivity contribution in [2.75, 3.05) is 18.1 Å². The monoisotopic (exact) mass is 356 g/mol. The average Bonchev–Trinajstić information content (AvgIpc) is 3.24. The molecule has 1 aliphatic heterocycles. The second kappa shape index (κ2) is 7.22. The highest BCUT2D eigenvalue weighted by molar-refractivity contribution is 6.52. The van der Waals surface area contributed by atoms with Gasteiger partial charge in [-0.2, -0.15) is 0 Å². The molecule has 26 heavy (non-hydrogen) atoms. The minimum absolute atomic E-state index is 0.246. The predicted octanol–water partition coefficient (Wildman–Crippen LogP) is 1.23. The van der Waals surface area contributed by atoms with Crippen LogP contribution >= 0.6 is 0 Å². The smallest absolute Gasteiger partial charge is 0.326 e. The molecule has 8 nitrogen and oxygen atoms in total. The van der Waals surface area contributed by atoms with Crippen LogP contribution in [0.5, 0.6) is 0 Å². The zero-order valence-corrected chi connectivity index (χ0v) is 13.9. The normalized spacial score (nSPS) is 14.1. The Morgan fingerprint density at radius 3 is 2.69 bits per heavy atom. The Bertz CT molecular complexity index is 858. The number of anilines is 1. The number of benzene rings is 1. The molecule has 0 bridgehead atoms. The van der Waals surface area contributed by atoms with Gasteiger partial charge in [-0.1, -0.05) is 12.1 Å². The number of ether oxygens (including phenoxy) is 1. The van der Waals surface area contributed by atoms with Crippen molar-refractivity contribution in [1.29, 1.82) is 0 Å². The van der Waals surface area contributed by atoms with Crippen LogP contribution in [0.2, 0.25) is 0 Å². The lowest BCUT2D eigenvalue weighted by Crippen LogP contribution is -2.37. The molecule has 0 radical (unpaired) electrons. The fraction of sp³-hybridized carbons (Fsp3) is 0.222. The molecule has 134 valence electrons. The van der Waals surface area contributed by atoms with Crippen LogP contribution in [0.4, 0.5) is 5.69 Å². The molecule has 2 heterocycles. The second-order valence-corrected chi connectivity index (χ2v) is 5.70. The molecule has 2 aromatic rings. The zero-order chi connectivity index (χ0) is 18.7. The van der Waals surface area contributed by atoms with Gasteiger partial charge in [0.2, 0.25) is 0 Å². The first-order chi connectivity index (χ1) is 12.5. The van der Waals surface area contributed by atoms with Gasteiger partial charge in [0.15, 0.2) is 6.61 Å². The number of Topliss-reactive ketones (excluding diaryl/α,β-unsaturated/α-hetero) is 1. The van der Waals surface area contributed by atoms with Crippen molar-refractivity contribution in [3.63, 3.8) is 0 Å². The van der Waals surface area contributed by atoms with Crippen LogP contribution < -0.4 is 10.2 Å². The van der Waals surface area contributed by atoms with E-state index >= 15 is 0 Å². The van der Waals surface area contributed by atoms with Crippen molar-refractivity contribution in [3.8, 4) is 0 Å². The maximum absolute atomic E-state index is 12.0. The Morgan fingerprint density at radius 2 is 1.96 bits per heavy atom. The summed E-state index contributed by atoms with van der Waals surface area (Å²) in [4.78, 5) is 48.7. The first-order valence-corrected chi connectivity index (χ1v) is 7.91. The molecular formula is C18H16N2O6. The quantitative estimate of drug-likeness (QED) is 0.616. The third kappa shape index (κ3) is 3.49. The van der Waals surface area contributed by atoms with E-state index in [4.69, 9.17) is 9.15 Å². The van der Waals surface area contributed by atoms with Gasteiger partial charge in [0, 0.05) is 0 Å². The molecule has 0 fully saturated rings. The second-order valence-electron chi connectivity index (χ2n) is 5.70. The van der Waals surface area contributed by atoms with Gasteiger partial charge in [-0.3, -0.25) is 24.1 Å². The molecule has 0 saturated heterocycles. The molecule has 1 atom stereocenters. The molecule has 1 aromatic heterocycles. The molecule has 1 aromatic carbocycles. The van der Waals surface area contributed by atoms with E-state index in [1.165, 1.54) is 12.3 Å². The minimum atomic E-state index is -0.793. The van der Waals surface area contributed by atoms with E-state index in [9.17, 15) is 19.2 Å². The number of furan rings is 1. The summed E-state index contributed by atoms with van der Waals surface area (Å²) in [5, 5.41) is 2.62. The highest BCUT2D eigenvalue weighted by atomic mass is 16.5. The van der Waals surface area contributed by atoms with E-state index in [1.54, 1.807) is 37.3 Å². The van der Waals surface area contributed by atoms with Gasteiger partial charge >= 0.3 is 5.97 Å². The SMILES string of the molecule is C[C@@H](NC(=O)COC(=O)CN1C(=O)C(=O)c2ccccc21)c1ccco1. The summed E-state index contributed by atoms with van der Waals surface area (Å²) in [5.74, 6) is -2.19. The van der Waals surface area contributed by atoms with Crippen LogP contribution in [-0.4, -0.2) is 36.7 Å². The number of ketones is 1. The summed E-state index contributed by atoms with van der Waals surface area (Å²) < 4.78 is 10.1. The van der Waals surface area contributed by atoms with Gasteiger partial charge in [-0.25, -0.2) is 0 Å². The first-order valence-electron chi connectivity index (χ1n) is 7.91. The van der Waals surface area contributed by atoms with Crippen molar-refractivity contribution >= 4 is 29.3 Å². The maximum Gasteiger partial charge on any atom is 0.326 e. The zero-order valence-electron chi connectivity index (χ0n) is 13.9. The Morgan fingerprint density at radius 1 is 1.19 bits per heavy atom. The van der Waals surface area contributed by atoms with Crippen LogP contribution in [0.3, 0.4) is 0 Å². The van der Waals surface area contributed by atoms with Crippen LogP contribution in [-0.2, 0) is 19.1 Å². The van der Waals surface area contributed by atoms with Crippen LogP contribution in [0.15, 0.2) is 47.1 Å². The van der Waals surface area contributed by atoms with E-state index in [2.05, 4.69) is 5.32 Å². The van der Waals surface area contributed by atoms with Gasteiger partial charge in [0.05, 0.1) is 23.6 Å². The number of amides is 2. The average molecular weight is 356 g/mol. The topological polar surface area (TPSA) is 106 Å². The van der Waals surface area contributed by atoms with Crippen molar-refractivity contribution in [2.24, 2.45) is 0 Å².